The van der Waals surface area contributed by atoms with Gasteiger partial charge in [-0.2, -0.15) is 0 Å². The molecule has 0 unspecified atom stereocenters. The standard InChI is InChI=1S/C54H34N2.C48H30N2/c1-3-13-39(14-4-1)55-51-22-12-11-21-46(51)48-32-36(24-28-52(48)55)38-26-30-54-50(34-38)49-33-37(25-29-53(49)56(54)40-15-5-2-6-16-40)35-23-27-45-43-19-8-7-17-41(43)42-18-9-10-20-44(42)47(45)31-35;1-3-15-35(16-4-1)49-44-25-23-33(28-41(44)42-27-31-13-7-8-14-32(31)30-46(42)49)34-24-26-45-43(29-34)47-39-21-11-9-19-37(39)38-20-10-12-22-40(38)48(47)50(45)36-17-5-2-6-18-36/h1-34H;1-30H. The van der Waals surface area contributed by atoms with E-state index in [0.29, 0.717) is 0 Å². The molecule has 0 aliphatic carbocycles. The monoisotopic (exact) mass is 1340 g/mol. The average molecular weight is 1350 g/mol. The first-order valence-corrected chi connectivity index (χ1v) is 36.6. The molecule has 19 aromatic carbocycles. The number of nitrogens with zero attached hydrogens (tertiary/aromatic N) is 4. The van der Waals surface area contributed by atoms with Gasteiger partial charge in [0.1, 0.15) is 0 Å². The van der Waals surface area contributed by atoms with Crippen molar-refractivity contribution in [3.05, 3.63) is 388 Å². The summed E-state index contributed by atoms with van der Waals surface area (Å²) in [6.45, 7) is 0. The molecule has 23 aromatic rings. The predicted octanol–water partition coefficient (Wildman–Crippen LogP) is 27.7. The highest BCUT2D eigenvalue weighted by molar-refractivity contribution is 6.33. The summed E-state index contributed by atoms with van der Waals surface area (Å²) in [4.78, 5) is 0. The SMILES string of the molecule is c1ccc(-n2c3ccc(-c4ccc5c(c4)c4c6ccccc6c6ccccc6c4n5-c4ccccc4)cc3c3cc4ccccc4cc32)cc1.c1ccc(-n2c3ccccc3c3cc(-c4ccc5c(c4)c4cc(-c6ccc7c8ccccc8c8ccccc8c7c6)ccc4n5-c4ccccc4)ccc32)cc1. The van der Waals surface area contributed by atoms with Gasteiger partial charge in [0, 0.05) is 71.2 Å². The molecule has 0 aliphatic heterocycles. The second-order valence-corrected chi connectivity index (χ2v) is 28.2. The van der Waals surface area contributed by atoms with Gasteiger partial charge < -0.3 is 18.3 Å². The second-order valence-electron chi connectivity index (χ2n) is 28.2. The minimum Gasteiger partial charge on any atom is -0.309 e. The summed E-state index contributed by atoms with van der Waals surface area (Å²) in [6.07, 6.45) is 0. The third kappa shape index (κ3) is 9.21. The van der Waals surface area contributed by atoms with Crippen LogP contribution in [0.15, 0.2) is 388 Å². The molecule has 0 amide bonds. The molecular weight excluding hydrogens is 1280 g/mol. The maximum atomic E-state index is 2.46. The fourth-order valence-electron chi connectivity index (χ4n) is 17.8. The van der Waals surface area contributed by atoms with E-state index in [9.17, 15) is 0 Å². The highest BCUT2D eigenvalue weighted by atomic mass is 15.0. The molecular formula is C102H64N4. The van der Waals surface area contributed by atoms with Gasteiger partial charge in [0.25, 0.3) is 0 Å². The van der Waals surface area contributed by atoms with E-state index in [2.05, 4.69) is 407 Å². The Bertz CT molecular complexity index is 7510. The number of para-hydroxylation sites is 5. The van der Waals surface area contributed by atoms with Gasteiger partial charge in [-0.05, 0) is 226 Å². The Balaban J connectivity index is 0.000000133. The lowest BCUT2D eigenvalue weighted by Crippen LogP contribution is -1.94. The Hall–Kier alpha value is -14.1. The molecule has 4 heteroatoms. The molecule has 4 aromatic heterocycles. The first kappa shape index (κ1) is 59.6. The zero-order valence-corrected chi connectivity index (χ0v) is 57.7. The van der Waals surface area contributed by atoms with Gasteiger partial charge in [-0.1, -0.05) is 255 Å². The molecule has 0 saturated heterocycles. The van der Waals surface area contributed by atoms with Crippen molar-refractivity contribution in [1.29, 1.82) is 0 Å². The molecule has 0 bridgehead atoms. The Labute approximate surface area is 610 Å². The number of rotatable bonds is 7. The van der Waals surface area contributed by atoms with Crippen LogP contribution < -0.4 is 0 Å². The summed E-state index contributed by atoms with van der Waals surface area (Å²) < 4.78 is 9.67. The molecule has 23 rings (SSSR count). The van der Waals surface area contributed by atoms with Crippen LogP contribution in [0.5, 0.6) is 0 Å². The first-order valence-electron chi connectivity index (χ1n) is 36.6. The molecule has 0 radical (unpaired) electrons. The van der Waals surface area contributed by atoms with E-state index in [0.717, 1.165) is 5.69 Å². The van der Waals surface area contributed by atoms with E-state index in [4.69, 9.17) is 0 Å². The normalized spacial score (nSPS) is 12.0. The summed E-state index contributed by atoms with van der Waals surface area (Å²) in [7, 11) is 0. The minimum atomic E-state index is 1.16. The molecule has 0 N–H and O–H groups in total. The first-order chi connectivity index (χ1) is 52.6. The molecule has 106 heavy (non-hydrogen) atoms. The van der Waals surface area contributed by atoms with Crippen LogP contribution >= 0.6 is 0 Å². The van der Waals surface area contributed by atoms with Crippen molar-refractivity contribution in [2.45, 2.75) is 0 Å². The molecule has 492 valence electrons. The lowest BCUT2D eigenvalue weighted by atomic mass is 9.92. The lowest BCUT2D eigenvalue weighted by molar-refractivity contribution is 1.18. The minimum absolute atomic E-state index is 1.16. The summed E-state index contributed by atoms with van der Waals surface area (Å²) in [5, 5.41) is 25.5. The largest absolute Gasteiger partial charge is 0.309 e. The summed E-state index contributed by atoms with van der Waals surface area (Å²) >= 11 is 0. The van der Waals surface area contributed by atoms with Crippen molar-refractivity contribution in [2.75, 3.05) is 0 Å². The van der Waals surface area contributed by atoms with Crippen LogP contribution in [-0.4, -0.2) is 18.3 Å². The summed E-state index contributed by atoms with van der Waals surface area (Å²) in [6, 6.07) is 143. The van der Waals surface area contributed by atoms with E-state index < -0.39 is 0 Å². The Morgan fingerprint density at radius 3 is 0.849 bits per heavy atom. The van der Waals surface area contributed by atoms with E-state index in [1.165, 1.54) is 202 Å². The summed E-state index contributed by atoms with van der Waals surface area (Å²) in [5.74, 6) is 0. The number of hydrogen-bond donors (Lipinski definition) is 0. The number of hydrogen-bond acceptors (Lipinski definition) is 0. The fraction of sp³-hybridized carbons (Fsp3) is 0. The average Bonchev–Trinajstić information content (AvgIpc) is 1.55. The smallest absolute Gasteiger partial charge is 0.0625 e. The van der Waals surface area contributed by atoms with Gasteiger partial charge in [0.2, 0.25) is 0 Å². The van der Waals surface area contributed by atoms with E-state index in [1.807, 2.05) is 0 Å². The quantitative estimate of drug-likeness (QED) is 0.142. The van der Waals surface area contributed by atoms with E-state index in [1.54, 1.807) is 0 Å². The molecule has 0 saturated carbocycles. The van der Waals surface area contributed by atoms with Crippen molar-refractivity contribution < 1.29 is 0 Å². The molecule has 0 aliphatic rings. The van der Waals surface area contributed by atoms with Crippen molar-refractivity contribution in [3.8, 4) is 56.1 Å². The third-order valence-corrected chi connectivity index (χ3v) is 22.5. The molecule has 0 fully saturated rings. The van der Waals surface area contributed by atoms with Crippen LogP contribution in [0.1, 0.15) is 0 Å². The van der Waals surface area contributed by atoms with Gasteiger partial charge in [-0.25, -0.2) is 0 Å². The van der Waals surface area contributed by atoms with Gasteiger partial charge >= 0.3 is 0 Å². The fourth-order valence-corrected chi connectivity index (χ4v) is 17.8. The van der Waals surface area contributed by atoms with Crippen LogP contribution in [0, 0.1) is 0 Å². The van der Waals surface area contributed by atoms with Crippen molar-refractivity contribution in [1.82, 2.24) is 18.3 Å². The number of benzene rings is 19. The van der Waals surface area contributed by atoms with Gasteiger partial charge in [0.15, 0.2) is 0 Å². The van der Waals surface area contributed by atoms with E-state index >= 15 is 0 Å². The van der Waals surface area contributed by atoms with Crippen molar-refractivity contribution in [3.63, 3.8) is 0 Å². The van der Waals surface area contributed by atoms with E-state index in [-0.39, 0.29) is 0 Å². The van der Waals surface area contributed by atoms with Crippen LogP contribution in [-0.2, 0) is 0 Å². The number of fused-ring (bicyclic) bond motifs is 24. The zero-order chi connectivity index (χ0) is 69.5. The Kier molecular flexibility index (Phi) is 13.4. The van der Waals surface area contributed by atoms with Gasteiger partial charge in [0.05, 0.1) is 44.1 Å². The Morgan fingerprint density at radius 2 is 0.396 bits per heavy atom. The third-order valence-electron chi connectivity index (χ3n) is 22.5. The second kappa shape index (κ2) is 23.8. The Morgan fingerprint density at radius 1 is 0.132 bits per heavy atom. The van der Waals surface area contributed by atoms with Gasteiger partial charge in [-0.15, -0.1) is 0 Å². The highest BCUT2D eigenvalue weighted by Crippen LogP contribution is 2.47. The topological polar surface area (TPSA) is 19.7 Å². The van der Waals surface area contributed by atoms with Gasteiger partial charge in [-0.3, -0.25) is 0 Å². The van der Waals surface area contributed by atoms with Crippen LogP contribution in [0.25, 0.3) is 208 Å². The summed E-state index contributed by atoms with van der Waals surface area (Å²) in [5.41, 5.74) is 21.7. The maximum absolute atomic E-state index is 2.46. The lowest BCUT2D eigenvalue weighted by Gasteiger charge is -2.12. The zero-order valence-electron chi connectivity index (χ0n) is 57.7. The number of aromatic nitrogens is 4. The molecule has 0 atom stereocenters. The van der Waals surface area contributed by atoms with Crippen LogP contribution in [0.4, 0.5) is 0 Å². The molecule has 4 nitrogen and oxygen atoms in total. The maximum Gasteiger partial charge on any atom is 0.0625 e. The highest BCUT2D eigenvalue weighted by Gasteiger charge is 2.23. The predicted molar refractivity (Wildman–Crippen MR) is 452 cm³/mol. The molecule has 0 spiro atoms. The van der Waals surface area contributed by atoms with Crippen molar-refractivity contribution >= 4 is 152 Å². The molecule has 4 heterocycles. The van der Waals surface area contributed by atoms with Crippen molar-refractivity contribution in [2.24, 2.45) is 0 Å². The van der Waals surface area contributed by atoms with Crippen LogP contribution in [0.2, 0.25) is 0 Å². The van der Waals surface area contributed by atoms with Crippen LogP contribution in [0.3, 0.4) is 0 Å².